The molecule has 4 heteroatoms. The van der Waals surface area contributed by atoms with Crippen LogP contribution >= 0.6 is 11.3 Å². The van der Waals surface area contributed by atoms with Crippen LogP contribution in [0.15, 0.2) is 18.5 Å². The minimum Gasteiger partial charge on any atom is -0.310 e. The summed E-state index contributed by atoms with van der Waals surface area (Å²) in [5.74, 6) is 0.618. The van der Waals surface area contributed by atoms with E-state index in [1.165, 1.54) is 16.1 Å². The third-order valence-corrected chi connectivity index (χ3v) is 4.45. The number of aryl methyl sites for hydroxylation is 1. The summed E-state index contributed by atoms with van der Waals surface area (Å²) in [5, 5.41) is 4.60. The summed E-state index contributed by atoms with van der Waals surface area (Å²) in [6.45, 7) is 11.9. The van der Waals surface area contributed by atoms with Gasteiger partial charge in [-0.25, -0.2) is 4.98 Å². The molecule has 0 aliphatic carbocycles. The number of thiazole rings is 1. The van der Waals surface area contributed by atoms with E-state index in [1.54, 1.807) is 11.3 Å². The summed E-state index contributed by atoms with van der Waals surface area (Å²) in [5.41, 5.74) is 3.63. The van der Waals surface area contributed by atoms with Crippen LogP contribution in [0.3, 0.4) is 0 Å². The average Bonchev–Trinajstić information content (AvgIpc) is 2.79. The van der Waals surface area contributed by atoms with Crippen molar-refractivity contribution in [1.29, 1.82) is 0 Å². The Hall–Kier alpha value is -1.26. The molecule has 0 spiro atoms. The van der Waals surface area contributed by atoms with Gasteiger partial charge in [-0.15, -0.1) is 11.3 Å². The molecule has 21 heavy (non-hydrogen) atoms. The second kappa shape index (κ2) is 7.14. The molecule has 2 heterocycles. The standard InChI is InChI=1S/C17H25N3S/c1-11(2)8-15-16(10-19-12(3)4)21-17(20-15)14-9-18-7-6-13(14)5/h6-7,9,11-12,19H,8,10H2,1-5H3. The quantitative estimate of drug-likeness (QED) is 0.868. The normalized spacial score (nSPS) is 11.6. The highest BCUT2D eigenvalue weighted by atomic mass is 32.1. The predicted octanol–water partition coefficient (Wildman–Crippen LogP) is 4.21. The van der Waals surface area contributed by atoms with E-state index >= 15 is 0 Å². The zero-order chi connectivity index (χ0) is 15.4. The van der Waals surface area contributed by atoms with E-state index in [4.69, 9.17) is 4.98 Å². The Balaban J connectivity index is 2.33. The molecule has 0 fully saturated rings. The topological polar surface area (TPSA) is 37.8 Å². The largest absolute Gasteiger partial charge is 0.310 e. The van der Waals surface area contributed by atoms with Crippen LogP contribution in [-0.2, 0) is 13.0 Å². The molecule has 0 unspecified atom stereocenters. The van der Waals surface area contributed by atoms with Crippen LogP contribution in [0.5, 0.6) is 0 Å². The van der Waals surface area contributed by atoms with Crippen LogP contribution in [0.1, 0.15) is 43.8 Å². The van der Waals surface area contributed by atoms with Crippen LogP contribution in [0.4, 0.5) is 0 Å². The molecule has 0 saturated heterocycles. The van der Waals surface area contributed by atoms with Gasteiger partial charge < -0.3 is 5.32 Å². The molecular formula is C17H25N3S. The van der Waals surface area contributed by atoms with Gasteiger partial charge in [0.05, 0.1) is 5.69 Å². The summed E-state index contributed by atoms with van der Waals surface area (Å²) >= 11 is 1.80. The number of nitrogens with zero attached hydrogens (tertiary/aromatic N) is 2. The maximum absolute atomic E-state index is 4.90. The fraction of sp³-hybridized carbons (Fsp3) is 0.529. The molecule has 0 saturated carbocycles. The number of pyridine rings is 1. The molecule has 0 radical (unpaired) electrons. The fourth-order valence-electron chi connectivity index (χ4n) is 2.17. The van der Waals surface area contributed by atoms with Gasteiger partial charge in [0, 0.05) is 35.4 Å². The summed E-state index contributed by atoms with van der Waals surface area (Å²) in [4.78, 5) is 10.5. The molecular weight excluding hydrogens is 278 g/mol. The Bertz CT molecular complexity index is 587. The first kappa shape index (κ1) is 16.1. The molecule has 0 aliphatic rings. The zero-order valence-corrected chi connectivity index (χ0v) is 14.4. The molecule has 114 valence electrons. The molecule has 2 rings (SSSR count). The second-order valence-electron chi connectivity index (χ2n) is 6.21. The summed E-state index contributed by atoms with van der Waals surface area (Å²) in [6, 6.07) is 2.54. The van der Waals surface area contributed by atoms with Crippen molar-refractivity contribution < 1.29 is 0 Å². The minimum atomic E-state index is 0.488. The van der Waals surface area contributed by atoms with Crippen molar-refractivity contribution in [3.05, 3.63) is 34.6 Å². The Morgan fingerprint density at radius 1 is 1.24 bits per heavy atom. The summed E-state index contributed by atoms with van der Waals surface area (Å²) < 4.78 is 0. The first-order chi connectivity index (χ1) is 9.97. The number of hydrogen-bond donors (Lipinski definition) is 1. The Labute approximate surface area is 131 Å². The SMILES string of the molecule is Cc1ccncc1-c1nc(CC(C)C)c(CNC(C)C)s1. The van der Waals surface area contributed by atoms with Crippen LogP contribution in [-0.4, -0.2) is 16.0 Å². The van der Waals surface area contributed by atoms with Crippen LogP contribution in [0.2, 0.25) is 0 Å². The molecule has 2 aromatic heterocycles. The van der Waals surface area contributed by atoms with Crippen molar-refractivity contribution in [2.45, 2.75) is 53.6 Å². The fourth-order valence-corrected chi connectivity index (χ4v) is 3.28. The van der Waals surface area contributed by atoms with Crippen LogP contribution in [0.25, 0.3) is 10.6 Å². The summed E-state index contributed by atoms with van der Waals surface area (Å²) in [7, 11) is 0. The van der Waals surface area contributed by atoms with Gasteiger partial charge in [-0.3, -0.25) is 4.98 Å². The first-order valence-corrected chi connectivity index (χ1v) is 8.42. The van der Waals surface area contributed by atoms with Gasteiger partial charge >= 0.3 is 0 Å². The van der Waals surface area contributed by atoms with Crippen molar-refractivity contribution in [1.82, 2.24) is 15.3 Å². The smallest absolute Gasteiger partial charge is 0.125 e. The first-order valence-electron chi connectivity index (χ1n) is 7.60. The zero-order valence-electron chi connectivity index (χ0n) is 13.6. The number of aromatic nitrogens is 2. The Kier molecular flexibility index (Phi) is 5.48. The van der Waals surface area contributed by atoms with Gasteiger partial charge in [-0.1, -0.05) is 27.7 Å². The van der Waals surface area contributed by atoms with Gasteiger partial charge in [0.1, 0.15) is 5.01 Å². The van der Waals surface area contributed by atoms with Crippen molar-refractivity contribution in [3.63, 3.8) is 0 Å². The minimum absolute atomic E-state index is 0.488. The molecule has 0 aliphatic heterocycles. The van der Waals surface area contributed by atoms with Crippen LogP contribution < -0.4 is 5.32 Å². The molecule has 0 amide bonds. The average molecular weight is 303 g/mol. The van der Waals surface area contributed by atoms with Gasteiger partial charge in [0.2, 0.25) is 0 Å². The molecule has 0 aromatic carbocycles. The number of rotatable bonds is 6. The molecule has 2 aromatic rings. The van der Waals surface area contributed by atoms with E-state index in [0.29, 0.717) is 12.0 Å². The molecule has 0 bridgehead atoms. The third kappa shape index (κ3) is 4.35. The van der Waals surface area contributed by atoms with E-state index in [1.807, 2.05) is 18.5 Å². The molecule has 0 atom stereocenters. The lowest BCUT2D eigenvalue weighted by Crippen LogP contribution is -2.22. The lowest BCUT2D eigenvalue weighted by molar-refractivity contribution is 0.581. The van der Waals surface area contributed by atoms with Gasteiger partial charge in [0.25, 0.3) is 0 Å². The van der Waals surface area contributed by atoms with E-state index in [9.17, 15) is 0 Å². The number of nitrogens with one attached hydrogen (secondary N) is 1. The maximum atomic E-state index is 4.90. The highest BCUT2D eigenvalue weighted by Crippen LogP contribution is 2.31. The maximum Gasteiger partial charge on any atom is 0.125 e. The van der Waals surface area contributed by atoms with Crippen molar-refractivity contribution in [2.24, 2.45) is 5.92 Å². The lowest BCUT2D eigenvalue weighted by Gasteiger charge is -2.08. The predicted molar refractivity (Wildman–Crippen MR) is 90.6 cm³/mol. The van der Waals surface area contributed by atoms with Gasteiger partial charge in [-0.05, 0) is 30.9 Å². The van der Waals surface area contributed by atoms with Crippen molar-refractivity contribution >= 4 is 11.3 Å². The third-order valence-electron chi connectivity index (χ3n) is 3.32. The monoisotopic (exact) mass is 303 g/mol. The Morgan fingerprint density at radius 2 is 2.00 bits per heavy atom. The summed E-state index contributed by atoms with van der Waals surface area (Å²) in [6.07, 6.45) is 4.79. The Morgan fingerprint density at radius 3 is 2.62 bits per heavy atom. The van der Waals surface area contributed by atoms with Gasteiger partial charge in [0.15, 0.2) is 0 Å². The lowest BCUT2D eigenvalue weighted by atomic mass is 10.1. The molecule has 3 nitrogen and oxygen atoms in total. The van der Waals surface area contributed by atoms with Crippen molar-refractivity contribution in [2.75, 3.05) is 0 Å². The van der Waals surface area contributed by atoms with E-state index in [2.05, 4.69) is 44.9 Å². The van der Waals surface area contributed by atoms with E-state index in [0.717, 1.165) is 23.5 Å². The van der Waals surface area contributed by atoms with E-state index in [-0.39, 0.29) is 0 Å². The second-order valence-corrected chi connectivity index (χ2v) is 7.30. The molecule has 1 N–H and O–H groups in total. The van der Waals surface area contributed by atoms with E-state index < -0.39 is 0 Å². The highest BCUT2D eigenvalue weighted by Gasteiger charge is 2.15. The highest BCUT2D eigenvalue weighted by molar-refractivity contribution is 7.15. The van der Waals surface area contributed by atoms with Crippen LogP contribution in [0, 0.1) is 12.8 Å². The number of hydrogen-bond acceptors (Lipinski definition) is 4. The van der Waals surface area contributed by atoms with Gasteiger partial charge in [-0.2, -0.15) is 0 Å². The van der Waals surface area contributed by atoms with Crippen molar-refractivity contribution in [3.8, 4) is 10.6 Å².